The van der Waals surface area contributed by atoms with Gasteiger partial charge in [0.25, 0.3) is 0 Å². The minimum absolute atomic E-state index is 0.323. The smallest absolute Gasteiger partial charge is 0.403 e. The molecule has 0 unspecified atom stereocenters. The fourth-order valence-electron chi connectivity index (χ4n) is 2.53. The number of nitrogens with zero attached hydrogens (tertiary/aromatic N) is 3. The molecule has 0 amide bonds. The molecular formula is C15H23BN4O2. The third-order valence-corrected chi connectivity index (χ3v) is 4.62. The lowest BCUT2D eigenvalue weighted by Gasteiger charge is -2.32. The Hall–Kier alpha value is -1.53. The van der Waals surface area contributed by atoms with Gasteiger partial charge in [0.2, 0.25) is 0 Å². The van der Waals surface area contributed by atoms with Crippen LogP contribution >= 0.6 is 0 Å². The quantitative estimate of drug-likeness (QED) is 0.399. The first-order chi connectivity index (χ1) is 10.2. The van der Waals surface area contributed by atoms with Gasteiger partial charge in [0.15, 0.2) is 0 Å². The summed E-state index contributed by atoms with van der Waals surface area (Å²) in [5.41, 5.74) is 17.2. The minimum atomic E-state index is -0.356. The van der Waals surface area contributed by atoms with Crippen LogP contribution in [-0.4, -0.2) is 18.3 Å². The molecule has 7 heteroatoms. The van der Waals surface area contributed by atoms with Gasteiger partial charge in [-0.2, -0.15) is 0 Å². The molecule has 0 aromatic heterocycles. The average Bonchev–Trinajstić information content (AvgIpc) is 2.62. The Bertz CT molecular complexity index is 608. The fourth-order valence-corrected chi connectivity index (χ4v) is 2.53. The Labute approximate surface area is 131 Å². The summed E-state index contributed by atoms with van der Waals surface area (Å²) in [5, 5.41) is 3.75. The van der Waals surface area contributed by atoms with Gasteiger partial charge in [-0.05, 0) is 62.9 Å². The fraction of sp³-hybridized carbons (Fsp3) is 0.600. The van der Waals surface area contributed by atoms with Crippen molar-refractivity contribution in [2.24, 2.45) is 10.8 Å². The normalized spacial score (nSPS) is 19.1. The standard InChI is InChI=1S/C15H23BN4O2/c1-10-12(6-11(9-17)7-13(10)19-20-18)8-16-21-14(2,3)15(4,5)22-16/h6-7H,8-9,17H2,1-5H3. The van der Waals surface area contributed by atoms with Gasteiger partial charge in [0.05, 0.1) is 11.2 Å². The summed E-state index contributed by atoms with van der Waals surface area (Å²) in [7, 11) is -0.323. The number of rotatable bonds is 4. The first kappa shape index (κ1) is 16.8. The maximum absolute atomic E-state index is 8.70. The highest BCUT2D eigenvalue weighted by Gasteiger charge is 2.50. The number of hydrogen-bond acceptors (Lipinski definition) is 4. The van der Waals surface area contributed by atoms with Crippen molar-refractivity contribution in [3.8, 4) is 0 Å². The first-order valence-corrected chi connectivity index (χ1v) is 7.43. The van der Waals surface area contributed by atoms with Crippen molar-refractivity contribution in [3.05, 3.63) is 39.3 Å². The van der Waals surface area contributed by atoms with Crippen molar-refractivity contribution in [3.63, 3.8) is 0 Å². The van der Waals surface area contributed by atoms with Gasteiger partial charge < -0.3 is 15.0 Å². The zero-order chi connectivity index (χ0) is 16.5. The van der Waals surface area contributed by atoms with Crippen molar-refractivity contribution in [1.82, 2.24) is 0 Å². The van der Waals surface area contributed by atoms with Crippen LogP contribution in [0, 0.1) is 6.92 Å². The highest BCUT2D eigenvalue weighted by molar-refractivity contribution is 6.45. The molecule has 1 aliphatic rings. The molecule has 1 aromatic rings. The van der Waals surface area contributed by atoms with E-state index < -0.39 is 0 Å². The maximum Gasteiger partial charge on any atom is 0.462 e. The molecule has 0 saturated carbocycles. The molecule has 118 valence electrons. The Morgan fingerprint density at radius 1 is 1.23 bits per heavy atom. The molecule has 2 rings (SSSR count). The van der Waals surface area contributed by atoms with Gasteiger partial charge in [-0.3, -0.25) is 0 Å². The highest BCUT2D eigenvalue weighted by Crippen LogP contribution is 2.38. The minimum Gasteiger partial charge on any atom is -0.403 e. The Kier molecular flexibility index (Phi) is 4.54. The lowest BCUT2D eigenvalue weighted by Crippen LogP contribution is -2.41. The summed E-state index contributed by atoms with van der Waals surface area (Å²) >= 11 is 0. The lowest BCUT2D eigenvalue weighted by molar-refractivity contribution is 0.00578. The Morgan fingerprint density at radius 3 is 2.32 bits per heavy atom. The van der Waals surface area contributed by atoms with E-state index in [0.29, 0.717) is 18.6 Å². The zero-order valence-corrected chi connectivity index (χ0v) is 13.9. The van der Waals surface area contributed by atoms with Gasteiger partial charge in [0.1, 0.15) is 0 Å². The molecule has 1 heterocycles. The Balaban J connectivity index is 2.31. The summed E-state index contributed by atoms with van der Waals surface area (Å²) in [6.45, 7) is 10.4. The summed E-state index contributed by atoms with van der Waals surface area (Å²) in [5.74, 6) is 0. The van der Waals surface area contributed by atoms with E-state index in [-0.39, 0.29) is 18.3 Å². The van der Waals surface area contributed by atoms with Gasteiger partial charge in [-0.15, -0.1) is 0 Å². The molecule has 0 atom stereocenters. The van der Waals surface area contributed by atoms with Crippen LogP contribution in [0.25, 0.3) is 10.4 Å². The molecular weight excluding hydrogens is 279 g/mol. The summed E-state index contributed by atoms with van der Waals surface area (Å²) < 4.78 is 12.1. The van der Waals surface area contributed by atoms with Gasteiger partial charge in [-0.1, -0.05) is 11.2 Å². The second-order valence-electron chi connectivity index (χ2n) is 6.68. The predicted molar refractivity (Wildman–Crippen MR) is 87.7 cm³/mol. The average molecular weight is 302 g/mol. The molecule has 0 radical (unpaired) electrons. The number of nitrogens with two attached hydrogens (primary N) is 1. The van der Waals surface area contributed by atoms with Crippen LogP contribution in [0.1, 0.15) is 44.4 Å². The number of benzene rings is 1. The topological polar surface area (TPSA) is 93.2 Å². The molecule has 2 N–H and O–H groups in total. The van der Waals surface area contributed by atoms with Crippen LogP contribution in [0.3, 0.4) is 0 Å². The van der Waals surface area contributed by atoms with Crippen LogP contribution in [0.4, 0.5) is 5.69 Å². The van der Waals surface area contributed by atoms with Crippen LogP contribution in [0.2, 0.25) is 0 Å². The van der Waals surface area contributed by atoms with E-state index in [2.05, 4.69) is 10.0 Å². The van der Waals surface area contributed by atoms with Crippen LogP contribution in [0.15, 0.2) is 17.2 Å². The van der Waals surface area contributed by atoms with Crippen LogP contribution < -0.4 is 5.73 Å². The van der Waals surface area contributed by atoms with Gasteiger partial charge in [0, 0.05) is 23.5 Å². The van der Waals surface area contributed by atoms with E-state index in [4.69, 9.17) is 20.6 Å². The van der Waals surface area contributed by atoms with E-state index >= 15 is 0 Å². The predicted octanol–water partition coefficient (Wildman–Crippen LogP) is 3.57. The highest BCUT2D eigenvalue weighted by atomic mass is 16.7. The molecule has 0 spiro atoms. The van der Waals surface area contributed by atoms with Crippen LogP contribution in [0.5, 0.6) is 0 Å². The third kappa shape index (κ3) is 3.13. The zero-order valence-electron chi connectivity index (χ0n) is 13.9. The summed E-state index contributed by atoms with van der Waals surface area (Å²) in [6, 6.07) is 3.85. The molecule has 1 aliphatic heterocycles. The van der Waals surface area contributed by atoms with E-state index in [9.17, 15) is 0 Å². The molecule has 1 fully saturated rings. The molecule has 22 heavy (non-hydrogen) atoms. The maximum atomic E-state index is 8.70. The summed E-state index contributed by atoms with van der Waals surface area (Å²) in [4.78, 5) is 2.88. The number of azide groups is 1. The van der Waals surface area contributed by atoms with Crippen molar-refractivity contribution >= 4 is 12.8 Å². The Morgan fingerprint density at radius 2 is 1.82 bits per heavy atom. The molecule has 1 aromatic carbocycles. The summed E-state index contributed by atoms with van der Waals surface area (Å²) in [6.07, 6.45) is 0.598. The van der Waals surface area contributed by atoms with Crippen LogP contribution in [-0.2, 0) is 22.2 Å². The third-order valence-electron chi connectivity index (χ3n) is 4.62. The van der Waals surface area contributed by atoms with E-state index in [1.54, 1.807) is 0 Å². The largest absolute Gasteiger partial charge is 0.462 e. The second-order valence-corrected chi connectivity index (χ2v) is 6.68. The lowest BCUT2D eigenvalue weighted by atomic mass is 9.78. The molecule has 0 bridgehead atoms. The van der Waals surface area contributed by atoms with Crippen molar-refractivity contribution < 1.29 is 9.31 Å². The molecule has 1 saturated heterocycles. The van der Waals surface area contributed by atoms with Gasteiger partial charge in [-0.25, -0.2) is 0 Å². The second kappa shape index (κ2) is 5.93. The van der Waals surface area contributed by atoms with Crippen molar-refractivity contribution in [2.75, 3.05) is 0 Å². The number of hydrogen-bond donors (Lipinski definition) is 1. The molecule has 6 nitrogen and oxygen atoms in total. The SMILES string of the molecule is Cc1c(CB2OC(C)(C)C(C)(C)O2)cc(CN)cc1N=[N+]=[N-]. The van der Waals surface area contributed by atoms with Gasteiger partial charge >= 0.3 is 7.12 Å². The van der Waals surface area contributed by atoms with E-state index in [1.165, 1.54) is 0 Å². The monoisotopic (exact) mass is 302 g/mol. The van der Waals surface area contributed by atoms with Crippen molar-refractivity contribution in [2.45, 2.75) is 58.7 Å². The van der Waals surface area contributed by atoms with Crippen molar-refractivity contribution in [1.29, 1.82) is 0 Å². The van der Waals surface area contributed by atoms with E-state index in [0.717, 1.165) is 16.7 Å². The van der Waals surface area contributed by atoms with E-state index in [1.807, 2.05) is 46.8 Å². The molecule has 0 aliphatic carbocycles. The first-order valence-electron chi connectivity index (χ1n) is 7.43.